The maximum atomic E-state index is 11.0. The van der Waals surface area contributed by atoms with Crippen molar-refractivity contribution in [2.24, 2.45) is 0 Å². The van der Waals surface area contributed by atoms with Crippen LogP contribution in [-0.4, -0.2) is 13.1 Å². The standard InChI is InChI=1S/C16H24O2/c1-3-9-14(15-10-5-4-6-11-15)12-7-8-13-16(17)18-2/h4-6,10-11,14H,3,7-9,12-13H2,1-2H3. The summed E-state index contributed by atoms with van der Waals surface area (Å²) in [6.45, 7) is 2.23. The van der Waals surface area contributed by atoms with Gasteiger partial charge < -0.3 is 4.74 Å². The van der Waals surface area contributed by atoms with E-state index in [1.54, 1.807) is 0 Å². The van der Waals surface area contributed by atoms with E-state index < -0.39 is 0 Å². The molecule has 0 heterocycles. The molecule has 0 aliphatic rings. The van der Waals surface area contributed by atoms with Crippen LogP contribution < -0.4 is 0 Å². The minimum Gasteiger partial charge on any atom is -0.469 e. The first kappa shape index (κ1) is 14.7. The fraction of sp³-hybridized carbons (Fsp3) is 0.562. The Morgan fingerprint density at radius 3 is 2.50 bits per heavy atom. The van der Waals surface area contributed by atoms with Crippen LogP contribution in [0.2, 0.25) is 0 Å². The van der Waals surface area contributed by atoms with Crippen LogP contribution in [0.3, 0.4) is 0 Å². The highest BCUT2D eigenvalue weighted by Crippen LogP contribution is 2.26. The van der Waals surface area contributed by atoms with Crippen molar-refractivity contribution in [2.75, 3.05) is 7.11 Å². The van der Waals surface area contributed by atoms with Crippen molar-refractivity contribution in [2.45, 2.75) is 51.4 Å². The Morgan fingerprint density at radius 1 is 1.17 bits per heavy atom. The van der Waals surface area contributed by atoms with Crippen LogP contribution >= 0.6 is 0 Å². The van der Waals surface area contributed by atoms with Crippen LogP contribution in [-0.2, 0) is 9.53 Å². The first-order valence-corrected chi connectivity index (χ1v) is 6.89. The Bertz CT molecular complexity index is 332. The van der Waals surface area contributed by atoms with Crippen molar-refractivity contribution in [3.05, 3.63) is 35.9 Å². The third kappa shape index (κ3) is 5.35. The van der Waals surface area contributed by atoms with E-state index in [2.05, 4.69) is 42.0 Å². The monoisotopic (exact) mass is 248 g/mol. The summed E-state index contributed by atoms with van der Waals surface area (Å²) in [6.07, 6.45) is 6.16. The Balaban J connectivity index is 2.37. The molecule has 0 N–H and O–H groups in total. The largest absolute Gasteiger partial charge is 0.469 e. The van der Waals surface area contributed by atoms with Gasteiger partial charge in [0.15, 0.2) is 0 Å². The van der Waals surface area contributed by atoms with E-state index >= 15 is 0 Å². The van der Waals surface area contributed by atoms with E-state index in [0.717, 1.165) is 19.3 Å². The third-order valence-electron chi connectivity index (χ3n) is 3.32. The first-order chi connectivity index (χ1) is 8.77. The highest BCUT2D eigenvalue weighted by atomic mass is 16.5. The summed E-state index contributed by atoms with van der Waals surface area (Å²) >= 11 is 0. The molecule has 1 aromatic rings. The molecule has 0 bridgehead atoms. The van der Waals surface area contributed by atoms with Crippen molar-refractivity contribution in [3.8, 4) is 0 Å². The summed E-state index contributed by atoms with van der Waals surface area (Å²) in [5, 5.41) is 0. The average Bonchev–Trinajstić information content (AvgIpc) is 2.43. The fourth-order valence-electron chi connectivity index (χ4n) is 2.31. The molecular formula is C16H24O2. The van der Waals surface area contributed by atoms with Crippen LogP contribution in [0.4, 0.5) is 0 Å². The second-order valence-electron chi connectivity index (χ2n) is 4.72. The molecule has 0 aliphatic heterocycles. The second kappa shape index (κ2) is 8.73. The summed E-state index contributed by atoms with van der Waals surface area (Å²) in [5.41, 5.74) is 1.43. The average molecular weight is 248 g/mol. The molecule has 0 saturated carbocycles. The van der Waals surface area contributed by atoms with E-state index in [1.165, 1.54) is 25.5 Å². The van der Waals surface area contributed by atoms with Gasteiger partial charge in [0.1, 0.15) is 0 Å². The van der Waals surface area contributed by atoms with Gasteiger partial charge in [-0.3, -0.25) is 4.79 Å². The minimum atomic E-state index is -0.0956. The maximum Gasteiger partial charge on any atom is 0.305 e. The predicted octanol–water partition coefficient (Wildman–Crippen LogP) is 4.30. The van der Waals surface area contributed by atoms with Gasteiger partial charge in [-0.2, -0.15) is 0 Å². The lowest BCUT2D eigenvalue weighted by atomic mass is 9.89. The third-order valence-corrected chi connectivity index (χ3v) is 3.32. The van der Waals surface area contributed by atoms with Gasteiger partial charge in [-0.15, -0.1) is 0 Å². The summed E-state index contributed by atoms with van der Waals surface area (Å²) < 4.78 is 4.65. The lowest BCUT2D eigenvalue weighted by molar-refractivity contribution is -0.140. The number of carbonyl (C=O) groups excluding carboxylic acids is 1. The van der Waals surface area contributed by atoms with Crippen molar-refractivity contribution in [1.82, 2.24) is 0 Å². The second-order valence-corrected chi connectivity index (χ2v) is 4.72. The number of unbranched alkanes of at least 4 members (excludes halogenated alkanes) is 1. The molecule has 1 atom stereocenters. The van der Waals surface area contributed by atoms with Gasteiger partial charge in [-0.1, -0.05) is 50.1 Å². The van der Waals surface area contributed by atoms with Crippen LogP contribution in [0.15, 0.2) is 30.3 Å². The molecule has 0 radical (unpaired) electrons. The van der Waals surface area contributed by atoms with E-state index in [1.807, 2.05) is 0 Å². The number of methoxy groups -OCH3 is 1. The molecule has 0 spiro atoms. The number of hydrogen-bond acceptors (Lipinski definition) is 2. The molecule has 0 fully saturated rings. The van der Waals surface area contributed by atoms with Crippen LogP contribution in [0.25, 0.3) is 0 Å². The highest BCUT2D eigenvalue weighted by Gasteiger charge is 2.10. The zero-order valence-electron chi connectivity index (χ0n) is 11.5. The van der Waals surface area contributed by atoms with E-state index in [9.17, 15) is 4.79 Å². The van der Waals surface area contributed by atoms with Crippen LogP contribution in [0.1, 0.15) is 56.9 Å². The number of rotatable bonds is 8. The normalized spacial score (nSPS) is 12.1. The quantitative estimate of drug-likeness (QED) is 0.506. The molecule has 18 heavy (non-hydrogen) atoms. The van der Waals surface area contributed by atoms with Crippen molar-refractivity contribution < 1.29 is 9.53 Å². The zero-order valence-corrected chi connectivity index (χ0v) is 11.5. The molecule has 0 amide bonds. The topological polar surface area (TPSA) is 26.3 Å². The molecule has 1 aromatic carbocycles. The van der Waals surface area contributed by atoms with E-state index in [-0.39, 0.29) is 5.97 Å². The van der Waals surface area contributed by atoms with Gasteiger partial charge >= 0.3 is 5.97 Å². The number of esters is 1. The maximum absolute atomic E-state index is 11.0. The zero-order chi connectivity index (χ0) is 13.2. The number of carbonyl (C=O) groups is 1. The summed E-state index contributed by atoms with van der Waals surface area (Å²) in [4.78, 5) is 11.0. The molecular weight excluding hydrogens is 224 g/mol. The Labute approximate surface area is 110 Å². The molecule has 0 aliphatic carbocycles. The van der Waals surface area contributed by atoms with Gasteiger partial charge in [0.05, 0.1) is 7.11 Å². The Morgan fingerprint density at radius 2 is 1.89 bits per heavy atom. The van der Waals surface area contributed by atoms with Gasteiger partial charge in [0, 0.05) is 6.42 Å². The molecule has 1 unspecified atom stereocenters. The van der Waals surface area contributed by atoms with Gasteiger partial charge in [0.25, 0.3) is 0 Å². The smallest absolute Gasteiger partial charge is 0.305 e. The molecule has 100 valence electrons. The lowest BCUT2D eigenvalue weighted by Gasteiger charge is -2.16. The lowest BCUT2D eigenvalue weighted by Crippen LogP contribution is -2.02. The van der Waals surface area contributed by atoms with Crippen molar-refractivity contribution >= 4 is 5.97 Å². The SMILES string of the molecule is CCCC(CCCCC(=O)OC)c1ccccc1. The van der Waals surface area contributed by atoms with E-state index in [0.29, 0.717) is 12.3 Å². The molecule has 2 nitrogen and oxygen atoms in total. The molecule has 0 aromatic heterocycles. The number of hydrogen-bond donors (Lipinski definition) is 0. The first-order valence-electron chi connectivity index (χ1n) is 6.89. The predicted molar refractivity (Wildman–Crippen MR) is 74.6 cm³/mol. The van der Waals surface area contributed by atoms with Crippen molar-refractivity contribution in [1.29, 1.82) is 0 Å². The van der Waals surface area contributed by atoms with Crippen molar-refractivity contribution in [3.63, 3.8) is 0 Å². The van der Waals surface area contributed by atoms with E-state index in [4.69, 9.17) is 0 Å². The molecule has 2 heteroatoms. The molecule has 1 rings (SSSR count). The van der Waals surface area contributed by atoms with Gasteiger partial charge in [-0.25, -0.2) is 0 Å². The minimum absolute atomic E-state index is 0.0956. The Kier molecular flexibility index (Phi) is 7.16. The van der Waals surface area contributed by atoms with Crippen LogP contribution in [0.5, 0.6) is 0 Å². The summed E-state index contributed by atoms with van der Waals surface area (Å²) in [5.74, 6) is 0.538. The summed E-state index contributed by atoms with van der Waals surface area (Å²) in [7, 11) is 1.45. The van der Waals surface area contributed by atoms with Gasteiger partial charge in [0.2, 0.25) is 0 Å². The van der Waals surface area contributed by atoms with Gasteiger partial charge in [-0.05, 0) is 30.7 Å². The van der Waals surface area contributed by atoms with Crippen LogP contribution in [0, 0.1) is 0 Å². The fourth-order valence-corrected chi connectivity index (χ4v) is 2.31. The molecule has 0 saturated heterocycles. The summed E-state index contributed by atoms with van der Waals surface area (Å²) in [6, 6.07) is 10.7. The Hall–Kier alpha value is -1.31. The number of benzene rings is 1. The number of ether oxygens (including phenoxy) is 1. The highest BCUT2D eigenvalue weighted by molar-refractivity contribution is 5.68.